The molecular formula is C24H30N6O. The number of amides is 1. The van der Waals surface area contributed by atoms with Crippen molar-refractivity contribution in [2.45, 2.75) is 20.8 Å². The Balaban J connectivity index is 1.69. The van der Waals surface area contributed by atoms with E-state index >= 15 is 0 Å². The molecule has 0 unspecified atom stereocenters. The van der Waals surface area contributed by atoms with Crippen LogP contribution in [0.25, 0.3) is 0 Å². The summed E-state index contributed by atoms with van der Waals surface area (Å²) in [7, 11) is 3.90. The minimum atomic E-state index is -0.143. The number of benzene rings is 2. The molecule has 1 aromatic heterocycles. The maximum Gasteiger partial charge on any atom is 0.255 e. The van der Waals surface area contributed by atoms with E-state index in [2.05, 4.69) is 39.3 Å². The highest BCUT2D eigenvalue weighted by Crippen LogP contribution is 2.21. The van der Waals surface area contributed by atoms with Crippen molar-refractivity contribution in [1.29, 1.82) is 0 Å². The van der Waals surface area contributed by atoms with E-state index in [1.54, 1.807) is 6.07 Å². The Morgan fingerprint density at radius 1 is 0.935 bits per heavy atom. The van der Waals surface area contributed by atoms with Crippen LogP contribution in [0.15, 0.2) is 54.6 Å². The predicted molar refractivity (Wildman–Crippen MR) is 129 cm³/mol. The third-order valence-electron chi connectivity index (χ3n) is 4.95. The van der Waals surface area contributed by atoms with E-state index in [-0.39, 0.29) is 5.91 Å². The summed E-state index contributed by atoms with van der Waals surface area (Å²) in [5.74, 6) is 1.32. The molecule has 0 atom stereocenters. The Morgan fingerprint density at radius 3 is 2.26 bits per heavy atom. The molecule has 0 bridgehead atoms. The fourth-order valence-corrected chi connectivity index (χ4v) is 3.21. The SMILES string of the molecule is CCN(CC)c1cc(C)nc(Nc2ccc(NC(=O)c3cccc(N(C)C)c3)cc2)n1. The van der Waals surface area contributed by atoms with Gasteiger partial charge >= 0.3 is 0 Å². The van der Waals surface area contributed by atoms with Crippen LogP contribution < -0.4 is 20.4 Å². The molecule has 0 fully saturated rings. The highest BCUT2D eigenvalue weighted by molar-refractivity contribution is 6.04. The van der Waals surface area contributed by atoms with Crippen molar-refractivity contribution >= 4 is 34.7 Å². The van der Waals surface area contributed by atoms with Crippen LogP contribution in [-0.2, 0) is 0 Å². The maximum atomic E-state index is 12.6. The first-order valence-corrected chi connectivity index (χ1v) is 10.5. The molecule has 2 aromatic carbocycles. The number of rotatable bonds is 8. The van der Waals surface area contributed by atoms with E-state index in [4.69, 9.17) is 0 Å². The first kappa shape index (κ1) is 22.1. The van der Waals surface area contributed by atoms with Gasteiger partial charge in [-0.05, 0) is 63.2 Å². The van der Waals surface area contributed by atoms with E-state index in [9.17, 15) is 4.79 Å². The van der Waals surface area contributed by atoms with E-state index in [1.807, 2.05) is 74.4 Å². The van der Waals surface area contributed by atoms with Crippen molar-refractivity contribution in [3.63, 3.8) is 0 Å². The zero-order chi connectivity index (χ0) is 22.4. The third-order valence-corrected chi connectivity index (χ3v) is 4.95. The molecule has 3 rings (SSSR count). The lowest BCUT2D eigenvalue weighted by Crippen LogP contribution is -2.23. The van der Waals surface area contributed by atoms with Gasteiger partial charge in [0.15, 0.2) is 0 Å². The number of carbonyl (C=O) groups is 1. The van der Waals surface area contributed by atoms with Crippen LogP contribution in [0.3, 0.4) is 0 Å². The van der Waals surface area contributed by atoms with Crippen molar-refractivity contribution < 1.29 is 4.79 Å². The van der Waals surface area contributed by atoms with Gasteiger partial charge in [-0.25, -0.2) is 4.98 Å². The van der Waals surface area contributed by atoms with Gasteiger partial charge in [0, 0.05) is 61.6 Å². The number of hydrogen-bond donors (Lipinski definition) is 2. The second kappa shape index (κ2) is 9.93. The van der Waals surface area contributed by atoms with Crippen LogP contribution >= 0.6 is 0 Å². The van der Waals surface area contributed by atoms with Crippen LogP contribution in [0.5, 0.6) is 0 Å². The lowest BCUT2D eigenvalue weighted by molar-refractivity contribution is 0.102. The van der Waals surface area contributed by atoms with Crippen molar-refractivity contribution in [3.8, 4) is 0 Å². The molecular weight excluding hydrogens is 388 g/mol. The van der Waals surface area contributed by atoms with Gasteiger partial charge in [-0.15, -0.1) is 0 Å². The van der Waals surface area contributed by atoms with Gasteiger partial charge in [-0.3, -0.25) is 4.79 Å². The number of anilines is 5. The third kappa shape index (κ3) is 5.72. The minimum Gasteiger partial charge on any atom is -0.378 e. The fourth-order valence-electron chi connectivity index (χ4n) is 3.21. The first-order valence-electron chi connectivity index (χ1n) is 10.5. The molecule has 0 radical (unpaired) electrons. The Labute approximate surface area is 184 Å². The van der Waals surface area contributed by atoms with Gasteiger partial charge in [-0.2, -0.15) is 4.98 Å². The second-order valence-corrected chi connectivity index (χ2v) is 7.46. The number of carbonyl (C=O) groups excluding carboxylic acids is 1. The Bertz CT molecular complexity index is 1030. The van der Waals surface area contributed by atoms with Gasteiger partial charge in [0.1, 0.15) is 5.82 Å². The lowest BCUT2D eigenvalue weighted by Gasteiger charge is -2.20. The van der Waals surface area contributed by atoms with Gasteiger partial charge in [-0.1, -0.05) is 6.07 Å². The zero-order valence-electron chi connectivity index (χ0n) is 18.8. The van der Waals surface area contributed by atoms with E-state index in [1.165, 1.54) is 0 Å². The summed E-state index contributed by atoms with van der Waals surface area (Å²) in [5, 5.41) is 6.19. The number of hydrogen-bond acceptors (Lipinski definition) is 6. The molecule has 1 amide bonds. The summed E-state index contributed by atoms with van der Waals surface area (Å²) in [6, 6.07) is 17.0. The molecule has 1 heterocycles. The van der Waals surface area contributed by atoms with E-state index in [0.29, 0.717) is 11.5 Å². The molecule has 0 saturated heterocycles. The first-order chi connectivity index (χ1) is 14.9. The standard InChI is InChI=1S/C24H30N6O/c1-6-30(7-2)22-15-17(3)25-24(28-22)27-20-13-11-19(12-14-20)26-23(31)18-9-8-10-21(16-18)29(4)5/h8-16H,6-7H2,1-5H3,(H,26,31)(H,25,27,28). The van der Waals surface area contributed by atoms with Crippen LogP contribution in [0, 0.1) is 6.92 Å². The van der Waals surface area contributed by atoms with Gasteiger partial charge in [0.05, 0.1) is 0 Å². The monoisotopic (exact) mass is 418 g/mol. The Morgan fingerprint density at radius 2 is 1.61 bits per heavy atom. The van der Waals surface area contributed by atoms with Crippen LogP contribution in [0.1, 0.15) is 29.9 Å². The molecule has 0 aliphatic rings. The van der Waals surface area contributed by atoms with Crippen molar-refractivity contribution in [2.75, 3.05) is 47.6 Å². The largest absolute Gasteiger partial charge is 0.378 e. The van der Waals surface area contributed by atoms with E-state index < -0.39 is 0 Å². The fraction of sp³-hybridized carbons (Fsp3) is 0.292. The minimum absolute atomic E-state index is 0.143. The number of nitrogens with one attached hydrogen (secondary N) is 2. The molecule has 0 saturated carbocycles. The van der Waals surface area contributed by atoms with Crippen LogP contribution in [0.2, 0.25) is 0 Å². The van der Waals surface area contributed by atoms with Gasteiger partial charge < -0.3 is 20.4 Å². The second-order valence-electron chi connectivity index (χ2n) is 7.46. The molecule has 2 N–H and O–H groups in total. The molecule has 31 heavy (non-hydrogen) atoms. The molecule has 3 aromatic rings. The summed E-state index contributed by atoms with van der Waals surface area (Å²) in [6.45, 7) is 7.95. The van der Waals surface area contributed by atoms with E-state index in [0.717, 1.165) is 41.7 Å². The summed E-state index contributed by atoms with van der Waals surface area (Å²) in [5.41, 5.74) is 4.08. The molecule has 0 aliphatic heterocycles. The number of aryl methyl sites for hydroxylation is 1. The van der Waals surface area contributed by atoms with Crippen molar-refractivity contribution in [2.24, 2.45) is 0 Å². The molecule has 0 aliphatic carbocycles. The summed E-state index contributed by atoms with van der Waals surface area (Å²) in [6.07, 6.45) is 0. The Kier molecular flexibility index (Phi) is 7.07. The lowest BCUT2D eigenvalue weighted by atomic mass is 10.1. The molecule has 7 nitrogen and oxygen atoms in total. The zero-order valence-corrected chi connectivity index (χ0v) is 18.8. The summed E-state index contributed by atoms with van der Waals surface area (Å²) >= 11 is 0. The van der Waals surface area contributed by atoms with Crippen molar-refractivity contribution in [3.05, 3.63) is 65.9 Å². The highest BCUT2D eigenvalue weighted by Gasteiger charge is 2.10. The van der Waals surface area contributed by atoms with Crippen LogP contribution in [0.4, 0.5) is 28.8 Å². The number of nitrogens with zero attached hydrogens (tertiary/aromatic N) is 4. The number of aromatic nitrogens is 2. The van der Waals surface area contributed by atoms with Gasteiger partial charge in [0.2, 0.25) is 5.95 Å². The van der Waals surface area contributed by atoms with Crippen molar-refractivity contribution in [1.82, 2.24) is 9.97 Å². The van der Waals surface area contributed by atoms with Crippen LogP contribution in [-0.4, -0.2) is 43.1 Å². The summed E-state index contributed by atoms with van der Waals surface area (Å²) in [4.78, 5) is 25.9. The average Bonchev–Trinajstić information content (AvgIpc) is 2.75. The smallest absolute Gasteiger partial charge is 0.255 e. The molecule has 162 valence electrons. The molecule has 7 heteroatoms. The van der Waals surface area contributed by atoms with Gasteiger partial charge in [0.25, 0.3) is 5.91 Å². The average molecular weight is 419 g/mol. The topological polar surface area (TPSA) is 73.4 Å². The quantitative estimate of drug-likeness (QED) is 0.553. The highest BCUT2D eigenvalue weighted by atomic mass is 16.1. The summed E-state index contributed by atoms with van der Waals surface area (Å²) < 4.78 is 0. The molecule has 0 spiro atoms. The maximum absolute atomic E-state index is 12.6. The normalized spacial score (nSPS) is 10.5. The Hall–Kier alpha value is -3.61. The predicted octanol–water partition coefficient (Wildman–Crippen LogP) is 4.69.